The second-order valence-corrected chi connectivity index (χ2v) is 10.3. The van der Waals surface area contributed by atoms with Gasteiger partial charge in [0.15, 0.2) is 0 Å². The number of rotatable bonds is 10. The fourth-order valence-corrected chi connectivity index (χ4v) is 4.58. The van der Waals surface area contributed by atoms with Crippen LogP contribution in [0.5, 0.6) is 0 Å². The smallest absolute Gasteiger partial charge is 0.407 e. The Morgan fingerprint density at radius 1 is 0.825 bits per heavy atom. The molecule has 1 saturated carbocycles. The van der Waals surface area contributed by atoms with Gasteiger partial charge in [-0.3, -0.25) is 4.79 Å². The van der Waals surface area contributed by atoms with E-state index in [0.29, 0.717) is 28.9 Å². The number of hydrogen-bond acceptors (Lipinski definition) is 5. The van der Waals surface area contributed by atoms with Crippen LogP contribution in [0.4, 0.5) is 16.2 Å². The summed E-state index contributed by atoms with van der Waals surface area (Å²) >= 11 is 5.95. The number of anilines is 2. The zero-order chi connectivity index (χ0) is 27.9. The van der Waals surface area contributed by atoms with Crippen molar-refractivity contribution in [1.29, 1.82) is 0 Å². The highest BCUT2D eigenvalue weighted by Gasteiger charge is 2.37. The first-order chi connectivity index (χ1) is 19.4. The Morgan fingerprint density at radius 2 is 1.48 bits per heavy atom. The Kier molecular flexibility index (Phi) is 8.64. The van der Waals surface area contributed by atoms with Gasteiger partial charge in [-0.25, -0.2) is 4.79 Å². The molecule has 0 aromatic heterocycles. The first kappa shape index (κ1) is 27.2. The van der Waals surface area contributed by atoms with Crippen LogP contribution in [0.25, 0.3) is 0 Å². The SMILES string of the molecule is Nc1ccccc1NC(=O)c1ccc(CNC(=O)OCc2ccc(C3CC3NCc3ccc(Cl)cc3)cc2)cc1. The summed E-state index contributed by atoms with van der Waals surface area (Å²) in [5.41, 5.74) is 11.7. The van der Waals surface area contributed by atoms with Crippen molar-refractivity contribution in [2.24, 2.45) is 0 Å². The normalized spacial score (nSPS) is 15.7. The van der Waals surface area contributed by atoms with Gasteiger partial charge < -0.3 is 26.4 Å². The Balaban J connectivity index is 1.01. The van der Waals surface area contributed by atoms with Crippen LogP contribution >= 0.6 is 11.6 Å². The molecule has 0 bridgehead atoms. The van der Waals surface area contributed by atoms with Crippen LogP contribution in [0.15, 0.2) is 97.1 Å². The average molecular weight is 555 g/mol. The zero-order valence-electron chi connectivity index (χ0n) is 21.9. The predicted octanol–water partition coefficient (Wildman–Crippen LogP) is 6.25. The van der Waals surface area contributed by atoms with Crippen LogP contribution in [-0.4, -0.2) is 18.0 Å². The molecular formula is C32H31ClN4O3. The first-order valence-electron chi connectivity index (χ1n) is 13.2. The Hall–Kier alpha value is -4.33. The number of nitrogen functional groups attached to an aromatic ring is 1. The van der Waals surface area contributed by atoms with Crippen LogP contribution in [0.2, 0.25) is 5.02 Å². The summed E-state index contributed by atoms with van der Waals surface area (Å²) < 4.78 is 5.37. The van der Waals surface area contributed by atoms with Gasteiger partial charge in [0.1, 0.15) is 6.61 Å². The molecule has 0 spiro atoms. The lowest BCUT2D eigenvalue weighted by Gasteiger charge is -2.10. The molecule has 204 valence electrons. The highest BCUT2D eigenvalue weighted by molar-refractivity contribution is 6.30. The van der Waals surface area contributed by atoms with Gasteiger partial charge in [0.05, 0.1) is 11.4 Å². The van der Waals surface area contributed by atoms with Crippen molar-refractivity contribution in [1.82, 2.24) is 10.6 Å². The molecule has 1 aliphatic rings. The van der Waals surface area contributed by atoms with Gasteiger partial charge in [-0.1, -0.05) is 72.3 Å². The summed E-state index contributed by atoms with van der Waals surface area (Å²) in [5, 5.41) is 9.89. The van der Waals surface area contributed by atoms with E-state index in [1.807, 2.05) is 42.5 Å². The van der Waals surface area contributed by atoms with E-state index in [9.17, 15) is 9.59 Å². The number of halogens is 1. The number of amides is 2. The standard InChI is InChI=1S/C32H31ClN4O3/c33-26-15-9-22(10-16-26)18-35-30-17-27(30)24-11-7-23(8-12-24)20-40-32(39)36-19-21-5-13-25(14-6-21)31(38)37-29-4-2-1-3-28(29)34/h1-16,27,30,35H,17-20,34H2,(H,36,39)(H,37,38). The maximum absolute atomic E-state index is 12.5. The minimum absolute atomic E-state index is 0.191. The molecule has 0 heterocycles. The number of para-hydroxylation sites is 2. The molecule has 5 N–H and O–H groups in total. The summed E-state index contributed by atoms with van der Waals surface area (Å²) in [7, 11) is 0. The lowest BCUT2D eigenvalue weighted by atomic mass is 10.1. The monoisotopic (exact) mass is 554 g/mol. The summed E-state index contributed by atoms with van der Waals surface area (Å²) in [5.74, 6) is 0.244. The molecule has 8 heteroatoms. The van der Waals surface area contributed by atoms with Gasteiger partial charge in [-0.05, 0) is 65.1 Å². The Bertz CT molecular complexity index is 1460. The third-order valence-corrected chi connectivity index (χ3v) is 7.16. The van der Waals surface area contributed by atoms with Gasteiger partial charge in [0.25, 0.3) is 5.91 Å². The second-order valence-electron chi connectivity index (χ2n) is 9.87. The van der Waals surface area contributed by atoms with E-state index in [4.69, 9.17) is 22.1 Å². The van der Waals surface area contributed by atoms with E-state index in [1.165, 1.54) is 11.1 Å². The summed E-state index contributed by atoms with van der Waals surface area (Å²) in [4.78, 5) is 24.7. The van der Waals surface area contributed by atoms with Gasteiger partial charge >= 0.3 is 6.09 Å². The van der Waals surface area contributed by atoms with Crippen LogP contribution in [-0.2, 0) is 24.4 Å². The molecule has 2 unspecified atom stereocenters. The van der Waals surface area contributed by atoms with Gasteiger partial charge in [0, 0.05) is 35.6 Å². The molecule has 40 heavy (non-hydrogen) atoms. The van der Waals surface area contributed by atoms with Crippen molar-refractivity contribution in [2.75, 3.05) is 11.1 Å². The molecule has 2 atom stereocenters. The van der Waals surface area contributed by atoms with E-state index >= 15 is 0 Å². The molecule has 4 aromatic rings. The van der Waals surface area contributed by atoms with Crippen LogP contribution in [0.3, 0.4) is 0 Å². The number of nitrogens with one attached hydrogen (secondary N) is 3. The number of nitrogens with two attached hydrogens (primary N) is 1. The lowest BCUT2D eigenvalue weighted by Crippen LogP contribution is -2.23. The topological polar surface area (TPSA) is 105 Å². The summed E-state index contributed by atoms with van der Waals surface area (Å²) in [6.07, 6.45) is 0.609. The van der Waals surface area contributed by atoms with E-state index in [2.05, 4.69) is 28.1 Å². The number of carbonyl (C=O) groups excluding carboxylic acids is 2. The molecule has 2 amide bonds. The zero-order valence-corrected chi connectivity index (χ0v) is 22.7. The quantitative estimate of drug-likeness (QED) is 0.173. The fraction of sp³-hybridized carbons (Fsp3) is 0.188. The second kappa shape index (κ2) is 12.7. The predicted molar refractivity (Wildman–Crippen MR) is 158 cm³/mol. The van der Waals surface area contributed by atoms with Crippen molar-refractivity contribution in [3.8, 4) is 0 Å². The summed E-state index contributed by atoms with van der Waals surface area (Å²) in [6, 6.07) is 30.7. The van der Waals surface area contributed by atoms with E-state index in [1.54, 1.807) is 42.5 Å². The Labute approximate surface area is 238 Å². The molecule has 5 rings (SSSR count). The molecule has 0 radical (unpaired) electrons. The number of hydrogen-bond donors (Lipinski definition) is 4. The van der Waals surface area contributed by atoms with Crippen molar-refractivity contribution in [3.05, 3.63) is 130 Å². The van der Waals surface area contributed by atoms with Gasteiger partial charge in [-0.15, -0.1) is 0 Å². The highest BCUT2D eigenvalue weighted by atomic mass is 35.5. The fourth-order valence-electron chi connectivity index (χ4n) is 4.45. The van der Waals surface area contributed by atoms with Crippen LogP contribution in [0, 0.1) is 0 Å². The van der Waals surface area contributed by atoms with Crippen molar-refractivity contribution >= 4 is 35.0 Å². The molecule has 1 aliphatic carbocycles. The van der Waals surface area contributed by atoms with Gasteiger partial charge in [0.2, 0.25) is 0 Å². The molecule has 0 aliphatic heterocycles. The number of carbonyl (C=O) groups is 2. The summed E-state index contributed by atoms with van der Waals surface area (Å²) in [6.45, 7) is 1.30. The molecule has 1 fully saturated rings. The first-order valence-corrected chi connectivity index (χ1v) is 13.5. The minimum Gasteiger partial charge on any atom is -0.445 e. The third kappa shape index (κ3) is 7.40. The van der Waals surface area contributed by atoms with Gasteiger partial charge in [-0.2, -0.15) is 0 Å². The average Bonchev–Trinajstić information content (AvgIpc) is 3.76. The van der Waals surface area contributed by atoms with Crippen LogP contribution < -0.4 is 21.7 Å². The van der Waals surface area contributed by atoms with Crippen molar-refractivity contribution in [3.63, 3.8) is 0 Å². The van der Waals surface area contributed by atoms with Crippen LogP contribution in [0.1, 0.15) is 45.0 Å². The molecular weight excluding hydrogens is 524 g/mol. The van der Waals surface area contributed by atoms with E-state index < -0.39 is 6.09 Å². The van der Waals surface area contributed by atoms with E-state index in [-0.39, 0.29) is 19.1 Å². The number of alkyl carbamates (subject to hydrolysis) is 1. The molecule has 4 aromatic carbocycles. The van der Waals surface area contributed by atoms with Crippen molar-refractivity contribution < 1.29 is 14.3 Å². The molecule has 7 nitrogen and oxygen atoms in total. The largest absolute Gasteiger partial charge is 0.445 e. The molecule has 0 saturated heterocycles. The maximum atomic E-state index is 12.5. The lowest BCUT2D eigenvalue weighted by molar-refractivity contribution is 0.102. The van der Waals surface area contributed by atoms with E-state index in [0.717, 1.165) is 29.1 Å². The minimum atomic E-state index is -0.501. The third-order valence-electron chi connectivity index (χ3n) is 6.91. The number of ether oxygens (including phenoxy) is 1. The highest BCUT2D eigenvalue weighted by Crippen LogP contribution is 2.41. The van der Waals surface area contributed by atoms with Crippen molar-refractivity contribution in [2.45, 2.75) is 38.1 Å². The maximum Gasteiger partial charge on any atom is 0.407 e. The Morgan fingerprint density at radius 3 is 2.20 bits per heavy atom. The number of benzene rings is 4.